The summed E-state index contributed by atoms with van der Waals surface area (Å²) in [6.45, 7) is 2.76. The SMILES string of the molecule is COCCOCCCNc1ccc(C#N)cn1. The molecule has 5 nitrogen and oxygen atoms in total. The van der Waals surface area contributed by atoms with E-state index in [-0.39, 0.29) is 0 Å². The third kappa shape index (κ3) is 5.85. The minimum Gasteiger partial charge on any atom is -0.382 e. The molecular weight excluding hydrogens is 218 g/mol. The first-order chi connectivity index (χ1) is 8.36. The van der Waals surface area contributed by atoms with E-state index in [1.54, 1.807) is 25.4 Å². The summed E-state index contributed by atoms with van der Waals surface area (Å²) >= 11 is 0. The summed E-state index contributed by atoms with van der Waals surface area (Å²) in [6.07, 6.45) is 2.46. The van der Waals surface area contributed by atoms with Gasteiger partial charge in [-0.05, 0) is 18.6 Å². The van der Waals surface area contributed by atoms with E-state index in [0.717, 1.165) is 18.8 Å². The molecule has 1 rings (SSSR count). The molecule has 0 aliphatic rings. The zero-order valence-corrected chi connectivity index (χ0v) is 9.98. The number of anilines is 1. The van der Waals surface area contributed by atoms with Crippen LogP contribution in [0.5, 0.6) is 0 Å². The van der Waals surface area contributed by atoms with E-state index in [1.165, 1.54) is 0 Å². The van der Waals surface area contributed by atoms with E-state index in [0.29, 0.717) is 25.4 Å². The fourth-order valence-electron chi connectivity index (χ4n) is 1.20. The zero-order chi connectivity index (χ0) is 12.3. The average molecular weight is 235 g/mol. The molecule has 1 N–H and O–H groups in total. The molecule has 0 bridgehead atoms. The molecule has 0 amide bonds. The summed E-state index contributed by atoms with van der Waals surface area (Å²) in [5.41, 5.74) is 0.568. The van der Waals surface area contributed by atoms with Crippen molar-refractivity contribution in [2.24, 2.45) is 0 Å². The molecule has 0 aliphatic carbocycles. The summed E-state index contributed by atoms with van der Waals surface area (Å²) in [5.74, 6) is 0.779. The second-order valence-corrected chi connectivity index (χ2v) is 3.43. The van der Waals surface area contributed by atoms with Crippen LogP contribution in [0.3, 0.4) is 0 Å². The Balaban J connectivity index is 2.08. The third-order valence-electron chi connectivity index (χ3n) is 2.10. The van der Waals surface area contributed by atoms with E-state index >= 15 is 0 Å². The fraction of sp³-hybridized carbons (Fsp3) is 0.500. The van der Waals surface area contributed by atoms with Crippen LogP contribution in [0.1, 0.15) is 12.0 Å². The fourth-order valence-corrected chi connectivity index (χ4v) is 1.20. The van der Waals surface area contributed by atoms with Gasteiger partial charge < -0.3 is 14.8 Å². The summed E-state index contributed by atoms with van der Waals surface area (Å²) in [4.78, 5) is 4.10. The summed E-state index contributed by atoms with van der Waals surface area (Å²) in [7, 11) is 1.65. The van der Waals surface area contributed by atoms with Crippen LogP contribution in [0.2, 0.25) is 0 Å². The maximum absolute atomic E-state index is 8.61. The second-order valence-electron chi connectivity index (χ2n) is 3.43. The zero-order valence-electron chi connectivity index (χ0n) is 9.98. The topological polar surface area (TPSA) is 67.2 Å². The van der Waals surface area contributed by atoms with Crippen LogP contribution in [0.4, 0.5) is 5.82 Å². The Bertz CT molecular complexity index is 346. The minimum absolute atomic E-state index is 0.568. The highest BCUT2D eigenvalue weighted by atomic mass is 16.5. The van der Waals surface area contributed by atoms with Crippen molar-refractivity contribution in [1.82, 2.24) is 4.98 Å². The maximum atomic E-state index is 8.61. The molecule has 1 aromatic rings. The van der Waals surface area contributed by atoms with Crippen LogP contribution >= 0.6 is 0 Å². The Kier molecular flexibility index (Phi) is 6.72. The second kappa shape index (κ2) is 8.50. The molecule has 0 radical (unpaired) electrons. The molecule has 5 heteroatoms. The molecule has 1 heterocycles. The summed E-state index contributed by atoms with van der Waals surface area (Å²) < 4.78 is 10.2. The van der Waals surface area contributed by atoms with Crippen LogP contribution in [0, 0.1) is 11.3 Å². The highest BCUT2D eigenvalue weighted by Crippen LogP contribution is 2.03. The van der Waals surface area contributed by atoms with Crippen molar-refractivity contribution >= 4 is 5.82 Å². The van der Waals surface area contributed by atoms with Gasteiger partial charge in [-0.1, -0.05) is 0 Å². The van der Waals surface area contributed by atoms with E-state index in [4.69, 9.17) is 14.7 Å². The van der Waals surface area contributed by atoms with E-state index in [9.17, 15) is 0 Å². The molecule has 17 heavy (non-hydrogen) atoms. The van der Waals surface area contributed by atoms with Gasteiger partial charge in [0, 0.05) is 26.5 Å². The summed E-state index contributed by atoms with van der Waals surface area (Å²) in [6, 6.07) is 5.56. The lowest BCUT2D eigenvalue weighted by Crippen LogP contribution is -2.09. The van der Waals surface area contributed by atoms with Crippen LogP contribution in [0.25, 0.3) is 0 Å². The lowest BCUT2D eigenvalue weighted by Gasteiger charge is -2.06. The van der Waals surface area contributed by atoms with Crippen molar-refractivity contribution in [3.8, 4) is 6.07 Å². The minimum atomic E-state index is 0.568. The van der Waals surface area contributed by atoms with Gasteiger partial charge in [0.05, 0.1) is 18.8 Å². The van der Waals surface area contributed by atoms with Crippen molar-refractivity contribution in [3.05, 3.63) is 23.9 Å². The predicted molar refractivity (Wildman–Crippen MR) is 64.8 cm³/mol. The van der Waals surface area contributed by atoms with E-state index < -0.39 is 0 Å². The van der Waals surface area contributed by atoms with Crippen LogP contribution in [-0.4, -0.2) is 38.5 Å². The lowest BCUT2D eigenvalue weighted by molar-refractivity contribution is 0.0705. The molecule has 0 spiro atoms. The van der Waals surface area contributed by atoms with Crippen molar-refractivity contribution < 1.29 is 9.47 Å². The van der Waals surface area contributed by atoms with Gasteiger partial charge in [0.2, 0.25) is 0 Å². The molecule has 0 aliphatic heterocycles. The van der Waals surface area contributed by atoms with Crippen LogP contribution in [-0.2, 0) is 9.47 Å². The molecule has 0 aromatic carbocycles. The van der Waals surface area contributed by atoms with Gasteiger partial charge in [-0.25, -0.2) is 4.98 Å². The Morgan fingerprint density at radius 1 is 1.35 bits per heavy atom. The van der Waals surface area contributed by atoms with Gasteiger partial charge in [-0.2, -0.15) is 5.26 Å². The van der Waals surface area contributed by atoms with Gasteiger partial charge in [0.15, 0.2) is 0 Å². The van der Waals surface area contributed by atoms with Crippen LogP contribution in [0.15, 0.2) is 18.3 Å². The molecule has 92 valence electrons. The lowest BCUT2D eigenvalue weighted by atomic mass is 10.3. The molecule has 0 saturated heterocycles. The quantitative estimate of drug-likeness (QED) is 0.690. The van der Waals surface area contributed by atoms with Crippen molar-refractivity contribution in [3.63, 3.8) is 0 Å². The first-order valence-electron chi connectivity index (χ1n) is 5.53. The number of ether oxygens (including phenoxy) is 2. The highest BCUT2D eigenvalue weighted by Gasteiger charge is 1.94. The number of pyridine rings is 1. The molecule has 0 atom stereocenters. The standard InChI is InChI=1S/C12H17N3O2/c1-16-7-8-17-6-2-5-14-12-4-3-11(9-13)10-15-12/h3-4,10H,2,5-8H2,1H3,(H,14,15). The Labute approximate surface area is 101 Å². The number of nitrogens with one attached hydrogen (secondary N) is 1. The number of nitrogens with zero attached hydrogens (tertiary/aromatic N) is 2. The van der Waals surface area contributed by atoms with Crippen LogP contribution < -0.4 is 5.32 Å². The van der Waals surface area contributed by atoms with Gasteiger partial charge in [-0.15, -0.1) is 0 Å². The van der Waals surface area contributed by atoms with E-state index in [1.807, 2.05) is 6.07 Å². The number of methoxy groups -OCH3 is 1. The predicted octanol–water partition coefficient (Wildman–Crippen LogP) is 1.42. The molecular formula is C12H17N3O2. The molecule has 0 saturated carbocycles. The van der Waals surface area contributed by atoms with Gasteiger partial charge in [0.25, 0.3) is 0 Å². The number of hydrogen-bond donors (Lipinski definition) is 1. The number of nitriles is 1. The Morgan fingerprint density at radius 2 is 2.24 bits per heavy atom. The Hall–Kier alpha value is -1.64. The monoisotopic (exact) mass is 235 g/mol. The van der Waals surface area contributed by atoms with Crippen molar-refractivity contribution in [2.75, 3.05) is 38.8 Å². The van der Waals surface area contributed by atoms with E-state index in [2.05, 4.69) is 10.3 Å². The number of rotatable bonds is 8. The van der Waals surface area contributed by atoms with Crippen molar-refractivity contribution in [2.45, 2.75) is 6.42 Å². The normalized spacial score (nSPS) is 9.88. The largest absolute Gasteiger partial charge is 0.382 e. The molecule has 1 aromatic heterocycles. The molecule has 0 fully saturated rings. The number of hydrogen-bond acceptors (Lipinski definition) is 5. The smallest absolute Gasteiger partial charge is 0.125 e. The van der Waals surface area contributed by atoms with Crippen molar-refractivity contribution in [1.29, 1.82) is 5.26 Å². The summed E-state index contributed by atoms with van der Waals surface area (Å²) in [5, 5.41) is 11.8. The molecule has 0 unspecified atom stereocenters. The Morgan fingerprint density at radius 3 is 2.88 bits per heavy atom. The third-order valence-corrected chi connectivity index (χ3v) is 2.10. The first-order valence-corrected chi connectivity index (χ1v) is 5.53. The first kappa shape index (κ1) is 13.4. The highest BCUT2D eigenvalue weighted by molar-refractivity contribution is 5.38. The van der Waals surface area contributed by atoms with Gasteiger partial charge in [0.1, 0.15) is 11.9 Å². The number of aromatic nitrogens is 1. The van der Waals surface area contributed by atoms with Gasteiger partial charge in [-0.3, -0.25) is 0 Å². The van der Waals surface area contributed by atoms with Gasteiger partial charge >= 0.3 is 0 Å². The average Bonchev–Trinajstić information content (AvgIpc) is 2.38. The maximum Gasteiger partial charge on any atom is 0.125 e.